The van der Waals surface area contributed by atoms with Crippen LogP contribution in [0.3, 0.4) is 0 Å². The minimum Gasteiger partial charge on any atom is -0.464 e. The van der Waals surface area contributed by atoms with Crippen molar-refractivity contribution in [3.8, 4) is 0 Å². The molecule has 0 amide bonds. The summed E-state index contributed by atoms with van der Waals surface area (Å²) in [5.74, 6) is 4.04. The zero-order chi connectivity index (χ0) is 22.4. The van der Waals surface area contributed by atoms with Gasteiger partial charge in [-0.2, -0.15) is 0 Å². The Morgan fingerprint density at radius 3 is 2.42 bits per heavy atom. The van der Waals surface area contributed by atoms with Gasteiger partial charge in [0, 0.05) is 5.41 Å². The molecular weight excluding hydrogens is 384 g/mol. The van der Waals surface area contributed by atoms with E-state index in [1.165, 1.54) is 51.2 Å². The number of fused-ring (bicyclic) bond motifs is 5. The normalized spacial score (nSPS) is 47.7. The van der Waals surface area contributed by atoms with E-state index in [0.717, 1.165) is 49.4 Å². The summed E-state index contributed by atoms with van der Waals surface area (Å²) >= 11 is 0. The largest absolute Gasteiger partial charge is 0.464 e. The van der Waals surface area contributed by atoms with E-state index in [1.54, 1.807) is 0 Å². The first-order chi connectivity index (χ1) is 14.7. The van der Waals surface area contributed by atoms with Crippen molar-refractivity contribution in [2.45, 2.75) is 111 Å². The molecule has 0 aromatic rings. The molecular formula is C28H46O3. The molecule has 0 spiro atoms. The second kappa shape index (κ2) is 8.49. The van der Waals surface area contributed by atoms with Crippen LogP contribution in [0.15, 0.2) is 0 Å². The molecule has 4 rings (SSSR count). The van der Waals surface area contributed by atoms with E-state index >= 15 is 0 Å². The molecule has 0 N–H and O–H groups in total. The van der Waals surface area contributed by atoms with Crippen LogP contribution in [0.2, 0.25) is 0 Å². The molecule has 0 aromatic carbocycles. The Hall–Kier alpha value is -0.860. The van der Waals surface area contributed by atoms with Gasteiger partial charge in [0.05, 0.1) is 0 Å². The molecule has 3 nitrogen and oxygen atoms in total. The fraction of sp³-hybridized carbons (Fsp3) is 0.929. The lowest BCUT2D eigenvalue weighted by molar-refractivity contribution is -0.169. The monoisotopic (exact) mass is 430 g/mol. The van der Waals surface area contributed by atoms with Crippen LogP contribution in [0.1, 0.15) is 105 Å². The lowest BCUT2D eigenvalue weighted by Gasteiger charge is -2.65. The van der Waals surface area contributed by atoms with Crippen molar-refractivity contribution in [3.05, 3.63) is 0 Å². The van der Waals surface area contributed by atoms with Gasteiger partial charge >= 0.3 is 0 Å². The summed E-state index contributed by atoms with van der Waals surface area (Å²) in [6.45, 7) is 12.6. The quantitative estimate of drug-likeness (QED) is 0.416. The summed E-state index contributed by atoms with van der Waals surface area (Å²) in [6, 6.07) is 0. The lowest BCUT2D eigenvalue weighted by Crippen LogP contribution is -2.58. The van der Waals surface area contributed by atoms with Crippen molar-refractivity contribution >= 4 is 12.8 Å². The minimum atomic E-state index is 0.0201. The molecule has 4 fully saturated rings. The standard InChI is InChI=1S/C28H46O3/c1-19(2)24(31-18-30)12-15-26(4)20(3)10-14-27(5)22-11-16-28(17-29)13-6-7-23(28)21(22)8-9-25(26)27/h17-25H,6-16H2,1-5H3. The third kappa shape index (κ3) is 3.61. The van der Waals surface area contributed by atoms with Crippen LogP contribution < -0.4 is 0 Å². The van der Waals surface area contributed by atoms with E-state index in [2.05, 4.69) is 34.6 Å². The average Bonchev–Trinajstić information content (AvgIpc) is 3.19. The molecule has 0 aromatic heterocycles. The number of aldehydes is 1. The van der Waals surface area contributed by atoms with Crippen LogP contribution in [0.25, 0.3) is 0 Å². The fourth-order valence-corrected chi connectivity index (χ4v) is 9.51. The summed E-state index contributed by atoms with van der Waals surface area (Å²) in [5, 5.41) is 0. The summed E-state index contributed by atoms with van der Waals surface area (Å²) < 4.78 is 5.48. The number of carbonyl (C=O) groups excluding carboxylic acids is 2. The molecule has 31 heavy (non-hydrogen) atoms. The maximum Gasteiger partial charge on any atom is 0.293 e. The van der Waals surface area contributed by atoms with Crippen molar-refractivity contribution < 1.29 is 14.3 Å². The molecule has 9 atom stereocenters. The van der Waals surface area contributed by atoms with Gasteiger partial charge in [0.1, 0.15) is 12.4 Å². The highest BCUT2D eigenvalue weighted by Crippen LogP contribution is 2.70. The van der Waals surface area contributed by atoms with Crippen molar-refractivity contribution in [1.29, 1.82) is 0 Å². The van der Waals surface area contributed by atoms with Gasteiger partial charge < -0.3 is 9.53 Å². The third-order valence-corrected chi connectivity index (χ3v) is 11.5. The van der Waals surface area contributed by atoms with E-state index < -0.39 is 0 Å². The van der Waals surface area contributed by atoms with E-state index in [1.807, 2.05) is 0 Å². The van der Waals surface area contributed by atoms with E-state index in [4.69, 9.17) is 4.74 Å². The van der Waals surface area contributed by atoms with Crippen molar-refractivity contribution in [2.24, 2.45) is 51.8 Å². The van der Waals surface area contributed by atoms with Gasteiger partial charge in [-0.25, -0.2) is 0 Å². The van der Waals surface area contributed by atoms with Crippen LogP contribution in [0.4, 0.5) is 0 Å². The Morgan fingerprint density at radius 2 is 1.74 bits per heavy atom. The van der Waals surface area contributed by atoms with Crippen LogP contribution in [-0.2, 0) is 14.3 Å². The summed E-state index contributed by atoms with van der Waals surface area (Å²) in [4.78, 5) is 23.2. The second-order valence-electron chi connectivity index (χ2n) is 12.8. The molecule has 176 valence electrons. The molecule has 4 aliphatic carbocycles. The van der Waals surface area contributed by atoms with Gasteiger partial charge in [0.2, 0.25) is 0 Å². The fourth-order valence-electron chi connectivity index (χ4n) is 9.51. The number of rotatable bonds is 7. The predicted molar refractivity (Wildman–Crippen MR) is 124 cm³/mol. The van der Waals surface area contributed by atoms with Gasteiger partial charge in [0.15, 0.2) is 0 Å². The average molecular weight is 431 g/mol. The van der Waals surface area contributed by atoms with Gasteiger partial charge in [0.25, 0.3) is 6.47 Å². The highest BCUT2D eigenvalue weighted by molar-refractivity contribution is 5.61. The SMILES string of the molecule is CC(C)C(CCC1(C)C(C)CCC2(C)C3CCC4(C=O)CCCC4C3CCC12)OC=O. The Kier molecular flexibility index (Phi) is 6.38. The number of carbonyl (C=O) groups is 2. The van der Waals surface area contributed by atoms with Crippen molar-refractivity contribution in [2.75, 3.05) is 0 Å². The zero-order valence-electron chi connectivity index (χ0n) is 20.7. The predicted octanol–water partition coefficient (Wildman–Crippen LogP) is 6.83. The Morgan fingerprint density at radius 1 is 0.968 bits per heavy atom. The summed E-state index contributed by atoms with van der Waals surface area (Å²) in [5.41, 5.74) is 0.735. The molecule has 0 aliphatic heterocycles. The van der Waals surface area contributed by atoms with Crippen LogP contribution in [-0.4, -0.2) is 18.9 Å². The highest BCUT2D eigenvalue weighted by Gasteiger charge is 2.62. The Balaban J connectivity index is 1.57. The van der Waals surface area contributed by atoms with Gasteiger partial charge in [-0.1, -0.05) is 41.0 Å². The maximum atomic E-state index is 12.2. The van der Waals surface area contributed by atoms with Gasteiger partial charge in [-0.15, -0.1) is 0 Å². The second-order valence-corrected chi connectivity index (χ2v) is 12.8. The van der Waals surface area contributed by atoms with Crippen molar-refractivity contribution in [3.63, 3.8) is 0 Å². The maximum absolute atomic E-state index is 12.2. The minimum absolute atomic E-state index is 0.0201. The molecule has 3 heteroatoms. The number of hydrogen-bond acceptors (Lipinski definition) is 3. The van der Waals surface area contributed by atoms with Crippen LogP contribution in [0.5, 0.6) is 0 Å². The molecule has 4 saturated carbocycles. The van der Waals surface area contributed by atoms with E-state index in [0.29, 0.717) is 29.1 Å². The molecule has 0 saturated heterocycles. The molecule has 0 heterocycles. The third-order valence-electron chi connectivity index (χ3n) is 11.5. The summed E-state index contributed by atoms with van der Waals surface area (Å²) in [6.07, 6.45) is 15.0. The lowest BCUT2D eigenvalue weighted by atomic mass is 9.39. The summed E-state index contributed by atoms with van der Waals surface area (Å²) in [7, 11) is 0. The first-order valence-electron chi connectivity index (χ1n) is 13.3. The van der Waals surface area contributed by atoms with Crippen LogP contribution >= 0.6 is 0 Å². The molecule has 0 bridgehead atoms. The molecule has 9 unspecified atom stereocenters. The smallest absolute Gasteiger partial charge is 0.293 e. The number of hydrogen-bond donors (Lipinski definition) is 0. The topological polar surface area (TPSA) is 43.4 Å². The highest BCUT2D eigenvalue weighted by atomic mass is 16.5. The first-order valence-corrected chi connectivity index (χ1v) is 13.3. The van der Waals surface area contributed by atoms with Gasteiger partial charge in [-0.05, 0) is 111 Å². The Labute approximate surface area is 190 Å². The van der Waals surface area contributed by atoms with Crippen LogP contribution in [0, 0.1) is 51.8 Å². The first kappa shape index (κ1) is 23.3. The Bertz CT molecular complexity index is 673. The van der Waals surface area contributed by atoms with Gasteiger partial charge in [-0.3, -0.25) is 4.79 Å². The zero-order valence-corrected chi connectivity index (χ0v) is 20.7. The van der Waals surface area contributed by atoms with E-state index in [-0.39, 0.29) is 11.5 Å². The molecule has 4 aliphatic rings. The van der Waals surface area contributed by atoms with E-state index in [9.17, 15) is 9.59 Å². The number of ether oxygens (including phenoxy) is 1. The van der Waals surface area contributed by atoms with Crippen molar-refractivity contribution in [1.82, 2.24) is 0 Å². The molecule has 0 radical (unpaired) electrons.